The lowest BCUT2D eigenvalue weighted by molar-refractivity contribution is 0.477. The van der Waals surface area contributed by atoms with E-state index >= 15 is 0 Å². The lowest BCUT2D eigenvalue weighted by Crippen LogP contribution is -1.83. The highest BCUT2D eigenvalue weighted by molar-refractivity contribution is 8.03. The highest BCUT2D eigenvalue weighted by Gasteiger charge is 2.07. The van der Waals surface area contributed by atoms with E-state index in [1.165, 1.54) is 0 Å². The molecule has 0 fully saturated rings. The molecule has 22 heavy (non-hydrogen) atoms. The Morgan fingerprint density at radius 1 is 0.773 bits per heavy atom. The number of hydrogen-bond donors (Lipinski definition) is 1. The molecule has 0 spiro atoms. The second kappa shape index (κ2) is 6.38. The fourth-order valence-electron chi connectivity index (χ4n) is 2.36. The van der Waals surface area contributed by atoms with Crippen LogP contribution in [-0.4, -0.2) is 5.11 Å². The van der Waals surface area contributed by atoms with Gasteiger partial charge in [0.05, 0.1) is 0 Å². The zero-order valence-corrected chi connectivity index (χ0v) is 12.5. The summed E-state index contributed by atoms with van der Waals surface area (Å²) in [7, 11) is 0. The molecule has 0 radical (unpaired) electrons. The van der Waals surface area contributed by atoms with Crippen molar-refractivity contribution in [1.29, 1.82) is 5.26 Å². The van der Waals surface area contributed by atoms with Crippen molar-refractivity contribution < 1.29 is 5.11 Å². The number of phenolic OH excluding ortho intramolecular Hbond substituents is 1. The predicted octanol–water partition coefficient (Wildman–Crippen LogP) is 5.30. The Morgan fingerprint density at radius 3 is 2.27 bits per heavy atom. The first-order valence-corrected chi connectivity index (χ1v) is 7.64. The molecular weight excluding hydrogens is 290 g/mol. The minimum atomic E-state index is 0.215. The van der Waals surface area contributed by atoms with Crippen LogP contribution in [0.3, 0.4) is 0 Å². The first-order chi connectivity index (χ1) is 10.8. The SMILES string of the molecule is N#CSc1ccc(O)c(-c2cccc(-c3ccccc3)c2)c1. The van der Waals surface area contributed by atoms with E-state index in [2.05, 4.69) is 17.5 Å². The Balaban J connectivity index is 2.06. The Kier molecular flexibility index (Phi) is 4.13. The topological polar surface area (TPSA) is 44.0 Å². The van der Waals surface area contributed by atoms with E-state index in [4.69, 9.17) is 5.26 Å². The first kappa shape index (κ1) is 14.2. The monoisotopic (exact) mass is 303 g/mol. The van der Waals surface area contributed by atoms with E-state index < -0.39 is 0 Å². The zero-order valence-electron chi connectivity index (χ0n) is 11.7. The van der Waals surface area contributed by atoms with Gasteiger partial charge in [0.1, 0.15) is 11.2 Å². The van der Waals surface area contributed by atoms with Crippen LogP contribution < -0.4 is 0 Å². The Hall–Kier alpha value is -2.70. The van der Waals surface area contributed by atoms with Crippen LogP contribution in [0.1, 0.15) is 0 Å². The fourth-order valence-corrected chi connectivity index (χ4v) is 2.78. The maximum absolute atomic E-state index is 10.1. The minimum Gasteiger partial charge on any atom is -0.507 e. The van der Waals surface area contributed by atoms with Gasteiger partial charge < -0.3 is 5.11 Å². The molecule has 3 heteroatoms. The Bertz CT molecular complexity index is 838. The normalized spacial score (nSPS) is 10.1. The number of benzene rings is 3. The van der Waals surface area contributed by atoms with Crippen molar-refractivity contribution in [3.63, 3.8) is 0 Å². The number of thioether (sulfide) groups is 1. The van der Waals surface area contributed by atoms with Gasteiger partial charge in [-0.1, -0.05) is 48.5 Å². The van der Waals surface area contributed by atoms with Gasteiger partial charge in [0, 0.05) is 10.5 Å². The van der Waals surface area contributed by atoms with E-state index in [-0.39, 0.29) is 5.75 Å². The number of nitrogens with zero attached hydrogens (tertiary/aromatic N) is 1. The Labute approximate surface area is 133 Å². The highest BCUT2D eigenvalue weighted by atomic mass is 32.2. The summed E-state index contributed by atoms with van der Waals surface area (Å²) in [5, 5.41) is 21.0. The summed E-state index contributed by atoms with van der Waals surface area (Å²) in [5.74, 6) is 0.215. The molecule has 3 aromatic rings. The summed E-state index contributed by atoms with van der Waals surface area (Å²) in [5.41, 5.74) is 3.89. The van der Waals surface area contributed by atoms with Crippen molar-refractivity contribution in [1.82, 2.24) is 0 Å². The summed E-state index contributed by atoms with van der Waals surface area (Å²) in [4.78, 5) is 0.820. The number of aromatic hydroxyl groups is 1. The van der Waals surface area contributed by atoms with Gasteiger partial charge in [-0.05, 0) is 52.7 Å². The van der Waals surface area contributed by atoms with E-state index in [0.717, 1.165) is 38.9 Å². The van der Waals surface area contributed by atoms with E-state index in [1.54, 1.807) is 12.1 Å². The quantitative estimate of drug-likeness (QED) is 0.527. The first-order valence-electron chi connectivity index (χ1n) is 6.83. The number of phenols is 1. The van der Waals surface area contributed by atoms with E-state index in [1.807, 2.05) is 48.5 Å². The van der Waals surface area contributed by atoms with Crippen molar-refractivity contribution in [3.05, 3.63) is 72.8 Å². The molecule has 106 valence electrons. The van der Waals surface area contributed by atoms with E-state index in [9.17, 15) is 5.11 Å². The highest BCUT2D eigenvalue weighted by Crippen LogP contribution is 2.34. The van der Waals surface area contributed by atoms with Crippen molar-refractivity contribution in [2.45, 2.75) is 4.90 Å². The van der Waals surface area contributed by atoms with Crippen LogP contribution in [0.25, 0.3) is 22.3 Å². The number of thiocyanates is 1. The summed E-state index contributed by atoms with van der Waals surface area (Å²) in [6, 6.07) is 23.3. The van der Waals surface area contributed by atoms with Crippen LogP contribution in [0.2, 0.25) is 0 Å². The second-order valence-electron chi connectivity index (χ2n) is 4.82. The fraction of sp³-hybridized carbons (Fsp3) is 0. The van der Waals surface area contributed by atoms with Gasteiger partial charge in [0.25, 0.3) is 0 Å². The van der Waals surface area contributed by atoms with Crippen LogP contribution in [0.5, 0.6) is 5.75 Å². The van der Waals surface area contributed by atoms with Gasteiger partial charge in [-0.15, -0.1) is 0 Å². The predicted molar refractivity (Wildman–Crippen MR) is 90.4 cm³/mol. The molecule has 0 heterocycles. The molecule has 1 N–H and O–H groups in total. The van der Waals surface area contributed by atoms with E-state index in [0.29, 0.717) is 0 Å². The molecule has 0 aliphatic rings. The molecule has 0 saturated heterocycles. The van der Waals surface area contributed by atoms with Crippen molar-refractivity contribution >= 4 is 11.8 Å². The van der Waals surface area contributed by atoms with Gasteiger partial charge in [0.15, 0.2) is 0 Å². The summed E-state index contributed by atoms with van der Waals surface area (Å²) in [6.45, 7) is 0. The lowest BCUT2D eigenvalue weighted by atomic mass is 9.98. The maximum Gasteiger partial charge on any atom is 0.138 e. The minimum absolute atomic E-state index is 0.215. The smallest absolute Gasteiger partial charge is 0.138 e. The summed E-state index contributed by atoms with van der Waals surface area (Å²) < 4.78 is 0. The molecule has 3 rings (SSSR count). The second-order valence-corrected chi connectivity index (χ2v) is 5.68. The average molecular weight is 303 g/mol. The van der Waals surface area contributed by atoms with Gasteiger partial charge in [-0.2, -0.15) is 5.26 Å². The molecule has 0 aliphatic heterocycles. The van der Waals surface area contributed by atoms with Gasteiger partial charge in [-0.3, -0.25) is 0 Å². The number of nitriles is 1. The molecule has 0 aliphatic carbocycles. The third kappa shape index (κ3) is 2.98. The van der Waals surface area contributed by atoms with Crippen molar-refractivity contribution in [3.8, 4) is 33.4 Å². The molecule has 0 saturated carbocycles. The standard InChI is InChI=1S/C19H13NOS/c20-13-22-17-9-10-19(21)18(12-17)16-8-4-7-15(11-16)14-5-2-1-3-6-14/h1-12,21H. The summed E-state index contributed by atoms with van der Waals surface area (Å²) >= 11 is 1.09. The van der Waals surface area contributed by atoms with Gasteiger partial charge in [0.2, 0.25) is 0 Å². The largest absolute Gasteiger partial charge is 0.507 e. The maximum atomic E-state index is 10.1. The van der Waals surface area contributed by atoms with Gasteiger partial charge in [-0.25, -0.2) is 0 Å². The molecule has 0 atom stereocenters. The van der Waals surface area contributed by atoms with Crippen LogP contribution in [0.4, 0.5) is 0 Å². The lowest BCUT2D eigenvalue weighted by Gasteiger charge is -2.09. The molecule has 0 unspecified atom stereocenters. The zero-order chi connectivity index (χ0) is 15.4. The molecular formula is C19H13NOS. The molecule has 2 nitrogen and oxygen atoms in total. The van der Waals surface area contributed by atoms with Crippen LogP contribution >= 0.6 is 11.8 Å². The Morgan fingerprint density at radius 2 is 1.50 bits per heavy atom. The van der Waals surface area contributed by atoms with Gasteiger partial charge >= 0.3 is 0 Å². The van der Waals surface area contributed by atoms with Crippen LogP contribution in [-0.2, 0) is 0 Å². The van der Waals surface area contributed by atoms with Crippen molar-refractivity contribution in [2.24, 2.45) is 0 Å². The van der Waals surface area contributed by atoms with Crippen LogP contribution in [0.15, 0.2) is 77.7 Å². The van der Waals surface area contributed by atoms with Crippen LogP contribution in [0, 0.1) is 10.7 Å². The number of rotatable bonds is 3. The average Bonchev–Trinajstić information content (AvgIpc) is 2.58. The number of hydrogen-bond acceptors (Lipinski definition) is 3. The van der Waals surface area contributed by atoms with Crippen molar-refractivity contribution in [2.75, 3.05) is 0 Å². The third-order valence-electron chi connectivity index (χ3n) is 3.41. The third-order valence-corrected chi connectivity index (χ3v) is 3.99. The molecule has 3 aromatic carbocycles. The summed E-state index contributed by atoms with van der Waals surface area (Å²) in [6.07, 6.45) is 0. The molecule has 0 amide bonds. The molecule has 0 bridgehead atoms. The molecule has 0 aromatic heterocycles.